The second-order valence-corrected chi connectivity index (χ2v) is 5.78. The standard InChI is InChI=1S/C16H28N2O/c1-11(2)13-7-8-14(15(9-13)19-6)16(18(4)5)12(3)10-17/h7-9,11-12,16H,10,17H2,1-6H3. The van der Waals surface area contributed by atoms with E-state index in [1.807, 2.05) is 0 Å². The number of hydrogen-bond donors (Lipinski definition) is 1. The molecule has 108 valence electrons. The van der Waals surface area contributed by atoms with Crippen LogP contribution < -0.4 is 10.5 Å². The number of nitrogens with two attached hydrogens (primary N) is 1. The molecule has 0 fully saturated rings. The molecule has 0 heterocycles. The molecule has 0 aliphatic carbocycles. The Bertz CT molecular complexity index is 402. The lowest BCUT2D eigenvalue weighted by atomic mass is 9.90. The number of methoxy groups -OCH3 is 1. The fourth-order valence-electron chi connectivity index (χ4n) is 2.55. The SMILES string of the molecule is COc1cc(C(C)C)ccc1C(C(C)CN)N(C)C. The fourth-order valence-corrected chi connectivity index (χ4v) is 2.55. The highest BCUT2D eigenvalue weighted by atomic mass is 16.5. The molecule has 0 spiro atoms. The van der Waals surface area contributed by atoms with E-state index in [4.69, 9.17) is 10.5 Å². The molecule has 1 aromatic carbocycles. The van der Waals surface area contributed by atoms with Crippen LogP contribution in [-0.2, 0) is 0 Å². The Balaban J connectivity index is 3.23. The van der Waals surface area contributed by atoms with Crippen LogP contribution in [0.1, 0.15) is 43.9 Å². The lowest BCUT2D eigenvalue weighted by Gasteiger charge is -2.31. The monoisotopic (exact) mass is 264 g/mol. The van der Waals surface area contributed by atoms with Crippen molar-refractivity contribution in [3.05, 3.63) is 29.3 Å². The van der Waals surface area contributed by atoms with Gasteiger partial charge in [-0.15, -0.1) is 0 Å². The van der Waals surface area contributed by atoms with Gasteiger partial charge in [-0.3, -0.25) is 0 Å². The second kappa shape index (κ2) is 6.92. The van der Waals surface area contributed by atoms with Gasteiger partial charge in [0.05, 0.1) is 7.11 Å². The third kappa shape index (κ3) is 3.71. The average Bonchev–Trinajstić information content (AvgIpc) is 2.38. The van der Waals surface area contributed by atoms with Gasteiger partial charge in [0.2, 0.25) is 0 Å². The Morgan fingerprint density at radius 1 is 1.21 bits per heavy atom. The normalized spacial score (nSPS) is 14.8. The summed E-state index contributed by atoms with van der Waals surface area (Å²) in [7, 11) is 5.92. The van der Waals surface area contributed by atoms with Crippen LogP contribution in [0.25, 0.3) is 0 Å². The minimum Gasteiger partial charge on any atom is -0.496 e. The molecule has 0 aliphatic heterocycles. The zero-order valence-electron chi connectivity index (χ0n) is 13.1. The van der Waals surface area contributed by atoms with Crippen molar-refractivity contribution in [2.24, 2.45) is 11.7 Å². The lowest BCUT2D eigenvalue weighted by molar-refractivity contribution is 0.221. The third-order valence-electron chi connectivity index (χ3n) is 3.71. The van der Waals surface area contributed by atoms with Gasteiger partial charge in [0.1, 0.15) is 5.75 Å². The van der Waals surface area contributed by atoms with E-state index in [-0.39, 0.29) is 6.04 Å². The summed E-state index contributed by atoms with van der Waals surface area (Å²) in [6, 6.07) is 6.81. The summed E-state index contributed by atoms with van der Waals surface area (Å²) in [6.07, 6.45) is 0. The first-order valence-corrected chi connectivity index (χ1v) is 6.96. The number of hydrogen-bond acceptors (Lipinski definition) is 3. The maximum atomic E-state index is 5.85. The van der Waals surface area contributed by atoms with Crippen LogP contribution in [0.4, 0.5) is 0 Å². The summed E-state index contributed by atoms with van der Waals surface area (Å²) in [6.45, 7) is 7.24. The summed E-state index contributed by atoms with van der Waals surface area (Å²) < 4.78 is 5.59. The van der Waals surface area contributed by atoms with Crippen LogP contribution in [0.5, 0.6) is 5.75 Å². The first-order chi connectivity index (χ1) is 8.92. The van der Waals surface area contributed by atoms with E-state index in [1.165, 1.54) is 11.1 Å². The van der Waals surface area contributed by atoms with Crippen LogP contribution in [0.2, 0.25) is 0 Å². The zero-order valence-corrected chi connectivity index (χ0v) is 13.1. The van der Waals surface area contributed by atoms with Crippen molar-refractivity contribution in [3.8, 4) is 5.75 Å². The molecule has 3 heteroatoms. The number of ether oxygens (including phenoxy) is 1. The van der Waals surface area contributed by atoms with Crippen LogP contribution in [-0.4, -0.2) is 32.6 Å². The van der Waals surface area contributed by atoms with Crippen molar-refractivity contribution in [2.45, 2.75) is 32.7 Å². The molecule has 19 heavy (non-hydrogen) atoms. The van der Waals surface area contributed by atoms with Crippen molar-refractivity contribution in [3.63, 3.8) is 0 Å². The Morgan fingerprint density at radius 2 is 1.84 bits per heavy atom. The summed E-state index contributed by atoms with van der Waals surface area (Å²) in [5.74, 6) is 1.85. The molecule has 0 radical (unpaired) electrons. The van der Waals surface area contributed by atoms with Crippen LogP contribution in [0.3, 0.4) is 0 Å². The van der Waals surface area contributed by atoms with Crippen molar-refractivity contribution in [1.29, 1.82) is 0 Å². The van der Waals surface area contributed by atoms with Gasteiger partial charge in [0.25, 0.3) is 0 Å². The molecule has 3 nitrogen and oxygen atoms in total. The maximum Gasteiger partial charge on any atom is 0.123 e. The predicted molar refractivity (Wildman–Crippen MR) is 81.7 cm³/mol. The first-order valence-electron chi connectivity index (χ1n) is 6.96. The predicted octanol–water partition coefficient (Wildman–Crippen LogP) is 3.02. The molecule has 0 aliphatic rings. The van der Waals surface area contributed by atoms with Gasteiger partial charge in [0.15, 0.2) is 0 Å². The Labute approximate surface area is 117 Å². The molecule has 0 aromatic heterocycles. The van der Waals surface area contributed by atoms with E-state index in [2.05, 4.69) is 58.0 Å². The minimum absolute atomic E-state index is 0.279. The number of rotatable bonds is 6. The molecular weight excluding hydrogens is 236 g/mol. The van der Waals surface area contributed by atoms with E-state index in [0.717, 1.165) is 5.75 Å². The highest BCUT2D eigenvalue weighted by Gasteiger charge is 2.24. The highest BCUT2D eigenvalue weighted by molar-refractivity contribution is 5.41. The van der Waals surface area contributed by atoms with Gasteiger partial charge in [-0.05, 0) is 44.1 Å². The minimum atomic E-state index is 0.279. The average molecular weight is 264 g/mol. The molecular formula is C16H28N2O. The molecule has 2 unspecified atom stereocenters. The van der Waals surface area contributed by atoms with Gasteiger partial charge < -0.3 is 15.4 Å². The molecule has 2 atom stereocenters. The fraction of sp³-hybridized carbons (Fsp3) is 0.625. The third-order valence-corrected chi connectivity index (χ3v) is 3.71. The smallest absolute Gasteiger partial charge is 0.123 e. The quantitative estimate of drug-likeness (QED) is 0.858. The molecule has 2 N–H and O–H groups in total. The Morgan fingerprint density at radius 3 is 2.26 bits per heavy atom. The molecule has 1 aromatic rings. The van der Waals surface area contributed by atoms with Gasteiger partial charge in [-0.1, -0.05) is 32.9 Å². The lowest BCUT2D eigenvalue weighted by Crippen LogP contribution is -2.30. The van der Waals surface area contributed by atoms with E-state index < -0.39 is 0 Å². The number of benzene rings is 1. The molecule has 1 rings (SSSR count). The van der Waals surface area contributed by atoms with Gasteiger partial charge >= 0.3 is 0 Å². The van der Waals surface area contributed by atoms with E-state index in [1.54, 1.807) is 7.11 Å². The van der Waals surface area contributed by atoms with Crippen molar-refractivity contribution in [1.82, 2.24) is 4.90 Å². The van der Waals surface area contributed by atoms with Crippen molar-refractivity contribution in [2.75, 3.05) is 27.7 Å². The molecule has 0 amide bonds. The van der Waals surface area contributed by atoms with Gasteiger partial charge in [-0.25, -0.2) is 0 Å². The highest BCUT2D eigenvalue weighted by Crippen LogP contribution is 2.35. The molecule has 0 saturated carbocycles. The Hall–Kier alpha value is -1.06. The van der Waals surface area contributed by atoms with E-state index >= 15 is 0 Å². The van der Waals surface area contributed by atoms with Gasteiger partial charge in [0, 0.05) is 11.6 Å². The van der Waals surface area contributed by atoms with E-state index in [9.17, 15) is 0 Å². The summed E-state index contributed by atoms with van der Waals surface area (Å²) in [5, 5.41) is 0. The Kier molecular flexibility index (Phi) is 5.83. The van der Waals surface area contributed by atoms with Crippen LogP contribution in [0.15, 0.2) is 18.2 Å². The maximum absolute atomic E-state index is 5.85. The first kappa shape index (κ1) is 16.0. The molecule has 0 bridgehead atoms. The largest absolute Gasteiger partial charge is 0.496 e. The van der Waals surface area contributed by atoms with E-state index in [0.29, 0.717) is 18.4 Å². The molecule has 0 saturated heterocycles. The topological polar surface area (TPSA) is 38.5 Å². The van der Waals surface area contributed by atoms with Crippen LogP contribution >= 0.6 is 0 Å². The summed E-state index contributed by atoms with van der Waals surface area (Å²) in [5.41, 5.74) is 8.37. The van der Waals surface area contributed by atoms with Gasteiger partial charge in [-0.2, -0.15) is 0 Å². The zero-order chi connectivity index (χ0) is 14.6. The summed E-state index contributed by atoms with van der Waals surface area (Å²) >= 11 is 0. The second-order valence-electron chi connectivity index (χ2n) is 5.78. The van der Waals surface area contributed by atoms with Crippen LogP contribution in [0, 0.1) is 5.92 Å². The number of nitrogens with zero attached hydrogens (tertiary/aromatic N) is 1. The van der Waals surface area contributed by atoms with Crippen molar-refractivity contribution < 1.29 is 4.74 Å². The summed E-state index contributed by atoms with van der Waals surface area (Å²) in [4.78, 5) is 2.21. The van der Waals surface area contributed by atoms with Crippen molar-refractivity contribution >= 4 is 0 Å².